The van der Waals surface area contributed by atoms with Crippen LogP contribution in [-0.2, 0) is 24.1 Å². The van der Waals surface area contributed by atoms with Crippen LogP contribution in [0.3, 0.4) is 0 Å². The van der Waals surface area contributed by atoms with Crippen molar-refractivity contribution in [2.75, 3.05) is 5.32 Å². The van der Waals surface area contributed by atoms with Crippen molar-refractivity contribution in [2.45, 2.75) is 25.7 Å². The molecule has 0 aliphatic heterocycles. The molecule has 2 aromatic carbocycles. The number of rotatable bonds is 4. The number of pyridine rings is 1. The van der Waals surface area contributed by atoms with Crippen molar-refractivity contribution in [1.82, 2.24) is 4.98 Å². The number of anilines is 1. The number of carbonyl (C=O) groups is 2. The smallest absolute Gasteiger partial charge is 0.307 e. The average molecular weight is 381 g/mol. The Morgan fingerprint density at radius 3 is 2.63 bits per heavy atom. The zero-order valence-corrected chi connectivity index (χ0v) is 15.2. The molecule has 0 radical (unpaired) electrons. The molecule has 1 heterocycles. The molecule has 6 heteroatoms. The van der Waals surface area contributed by atoms with Gasteiger partial charge in [0.05, 0.1) is 17.5 Å². The number of aromatic nitrogens is 1. The molecule has 0 unspecified atom stereocenters. The third-order valence-electron chi connectivity index (χ3n) is 4.77. The van der Waals surface area contributed by atoms with Gasteiger partial charge >= 0.3 is 5.97 Å². The number of amides is 1. The van der Waals surface area contributed by atoms with E-state index in [0.717, 1.165) is 41.4 Å². The highest BCUT2D eigenvalue weighted by atomic mass is 35.5. The lowest BCUT2D eigenvalue weighted by molar-refractivity contribution is -0.136. The summed E-state index contributed by atoms with van der Waals surface area (Å²) >= 11 is 6.16. The Bertz CT molecular complexity index is 1060. The zero-order valence-electron chi connectivity index (χ0n) is 14.5. The topological polar surface area (TPSA) is 79.3 Å². The van der Waals surface area contributed by atoms with Gasteiger partial charge in [-0.15, -0.1) is 0 Å². The van der Waals surface area contributed by atoms with E-state index < -0.39 is 5.97 Å². The molecule has 27 heavy (non-hydrogen) atoms. The highest BCUT2D eigenvalue weighted by Crippen LogP contribution is 2.32. The maximum absolute atomic E-state index is 13.1. The van der Waals surface area contributed by atoms with Crippen LogP contribution in [-0.4, -0.2) is 22.0 Å². The fourth-order valence-corrected chi connectivity index (χ4v) is 3.74. The quantitative estimate of drug-likeness (QED) is 0.708. The van der Waals surface area contributed by atoms with Crippen LogP contribution in [0.4, 0.5) is 5.69 Å². The minimum absolute atomic E-state index is 0.0464. The Morgan fingerprint density at radius 2 is 1.89 bits per heavy atom. The largest absolute Gasteiger partial charge is 0.481 e. The molecule has 0 bridgehead atoms. The summed E-state index contributed by atoms with van der Waals surface area (Å²) in [6, 6.07) is 12.2. The summed E-state index contributed by atoms with van der Waals surface area (Å²) in [5, 5.41) is 13.1. The van der Waals surface area contributed by atoms with Crippen molar-refractivity contribution in [3.05, 3.63) is 69.9 Å². The number of halogens is 1. The number of nitrogens with zero attached hydrogens (tertiary/aromatic N) is 1. The highest BCUT2D eigenvalue weighted by Gasteiger charge is 2.24. The molecular weight excluding hydrogens is 364 g/mol. The van der Waals surface area contributed by atoms with Gasteiger partial charge in [0.1, 0.15) is 0 Å². The summed E-state index contributed by atoms with van der Waals surface area (Å²) < 4.78 is 0. The molecule has 1 aromatic heterocycles. The van der Waals surface area contributed by atoms with Crippen LogP contribution in [0.1, 0.15) is 33.6 Å². The maximum atomic E-state index is 13.1. The molecule has 0 saturated carbocycles. The second-order valence-electron chi connectivity index (χ2n) is 6.65. The third-order valence-corrected chi connectivity index (χ3v) is 5.00. The summed E-state index contributed by atoms with van der Waals surface area (Å²) in [4.78, 5) is 28.6. The van der Waals surface area contributed by atoms with Gasteiger partial charge in [-0.25, -0.2) is 0 Å². The van der Waals surface area contributed by atoms with Gasteiger partial charge in [0.25, 0.3) is 5.91 Å². The Kier molecular flexibility index (Phi) is 4.54. The molecule has 0 spiro atoms. The second-order valence-corrected chi connectivity index (χ2v) is 7.09. The van der Waals surface area contributed by atoms with Crippen molar-refractivity contribution in [2.24, 2.45) is 0 Å². The van der Waals surface area contributed by atoms with Crippen LogP contribution in [0, 0.1) is 0 Å². The maximum Gasteiger partial charge on any atom is 0.307 e. The Hall–Kier alpha value is -2.92. The standard InChI is InChI=1S/C21H17ClN2O3/c22-13-6-9-18-16(11-13)20(15-2-1-3-17(15)24-18)21(27)23-14-7-4-12(5-8-14)10-19(25)26/h4-9,11H,1-3,10H2,(H,23,27)(H,25,26). The first-order chi connectivity index (χ1) is 13.0. The van der Waals surface area contributed by atoms with Gasteiger partial charge in [0, 0.05) is 21.8 Å². The molecular formula is C21H17ClN2O3. The molecule has 4 rings (SSSR count). The van der Waals surface area contributed by atoms with E-state index in [9.17, 15) is 9.59 Å². The molecule has 2 N–H and O–H groups in total. The zero-order chi connectivity index (χ0) is 19.0. The highest BCUT2D eigenvalue weighted by molar-refractivity contribution is 6.31. The first-order valence-electron chi connectivity index (χ1n) is 8.74. The number of fused-ring (bicyclic) bond motifs is 2. The molecule has 0 saturated heterocycles. The normalized spacial score (nSPS) is 12.8. The summed E-state index contributed by atoms with van der Waals surface area (Å²) in [7, 11) is 0. The summed E-state index contributed by atoms with van der Waals surface area (Å²) in [5.74, 6) is -1.09. The lowest BCUT2D eigenvalue weighted by Crippen LogP contribution is -2.16. The predicted octanol–water partition coefficient (Wildman–Crippen LogP) is 4.26. The number of aliphatic carboxylic acids is 1. The van der Waals surface area contributed by atoms with Crippen LogP contribution in [0.15, 0.2) is 42.5 Å². The lowest BCUT2D eigenvalue weighted by atomic mass is 10.0. The van der Waals surface area contributed by atoms with Crippen molar-refractivity contribution >= 4 is 40.1 Å². The van der Waals surface area contributed by atoms with Crippen LogP contribution in [0.2, 0.25) is 5.02 Å². The van der Waals surface area contributed by atoms with E-state index in [0.29, 0.717) is 21.8 Å². The summed E-state index contributed by atoms with van der Waals surface area (Å²) in [5.41, 5.74) is 4.67. The van der Waals surface area contributed by atoms with Gasteiger partial charge in [-0.1, -0.05) is 23.7 Å². The number of nitrogens with one attached hydrogen (secondary N) is 1. The van der Waals surface area contributed by atoms with Crippen LogP contribution >= 0.6 is 11.6 Å². The molecule has 5 nitrogen and oxygen atoms in total. The minimum Gasteiger partial charge on any atom is -0.481 e. The van der Waals surface area contributed by atoms with E-state index in [4.69, 9.17) is 21.7 Å². The van der Waals surface area contributed by atoms with Crippen LogP contribution < -0.4 is 5.32 Å². The SMILES string of the molecule is O=C(O)Cc1ccc(NC(=O)c2c3c(nc4ccc(Cl)cc24)CCC3)cc1. The number of carboxylic acid groups (broad SMARTS) is 1. The molecule has 1 aliphatic carbocycles. The van der Waals surface area contributed by atoms with Gasteiger partial charge in [-0.3, -0.25) is 14.6 Å². The van der Waals surface area contributed by atoms with Crippen molar-refractivity contribution in [3.8, 4) is 0 Å². The second kappa shape index (κ2) is 7.00. The summed E-state index contributed by atoms with van der Waals surface area (Å²) in [6.45, 7) is 0. The molecule has 1 amide bonds. The van der Waals surface area contributed by atoms with Gasteiger partial charge in [0.15, 0.2) is 0 Å². The monoisotopic (exact) mass is 380 g/mol. The first kappa shape index (κ1) is 17.5. The fourth-order valence-electron chi connectivity index (χ4n) is 3.57. The fraction of sp³-hybridized carbons (Fsp3) is 0.190. The summed E-state index contributed by atoms with van der Waals surface area (Å²) in [6.07, 6.45) is 2.63. The van der Waals surface area contributed by atoms with Crippen molar-refractivity contribution in [3.63, 3.8) is 0 Å². The van der Waals surface area contributed by atoms with Gasteiger partial charge in [-0.05, 0) is 60.7 Å². The Balaban J connectivity index is 1.70. The first-order valence-corrected chi connectivity index (χ1v) is 9.12. The van der Waals surface area contributed by atoms with E-state index in [1.807, 2.05) is 6.07 Å². The van der Waals surface area contributed by atoms with Crippen molar-refractivity contribution < 1.29 is 14.7 Å². The number of carboxylic acids is 1. The number of carbonyl (C=O) groups excluding carboxylic acids is 1. The molecule has 136 valence electrons. The molecule has 1 aliphatic rings. The van der Waals surface area contributed by atoms with Gasteiger partial charge in [-0.2, -0.15) is 0 Å². The van der Waals surface area contributed by atoms with Crippen molar-refractivity contribution in [1.29, 1.82) is 0 Å². The number of benzene rings is 2. The van der Waals surface area contributed by atoms with E-state index in [1.54, 1.807) is 36.4 Å². The minimum atomic E-state index is -0.887. The lowest BCUT2D eigenvalue weighted by Gasteiger charge is -2.13. The van der Waals surface area contributed by atoms with Gasteiger partial charge < -0.3 is 10.4 Å². The number of aryl methyl sites for hydroxylation is 1. The Morgan fingerprint density at radius 1 is 1.11 bits per heavy atom. The number of hydrogen-bond donors (Lipinski definition) is 2. The third kappa shape index (κ3) is 3.51. The van der Waals surface area contributed by atoms with Crippen LogP contribution in [0.25, 0.3) is 10.9 Å². The Labute approximate surface area is 161 Å². The molecule has 0 atom stereocenters. The van der Waals surface area contributed by atoms with E-state index in [-0.39, 0.29) is 12.3 Å². The number of hydrogen-bond acceptors (Lipinski definition) is 3. The van der Waals surface area contributed by atoms with Gasteiger partial charge in [0.2, 0.25) is 0 Å². The predicted molar refractivity (Wildman–Crippen MR) is 105 cm³/mol. The van der Waals surface area contributed by atoms with Crippen LogP contribution in [0.5, 0.6) is 0 Å². The van der Waals surface area contributed by atoms with E-state index in [1.165, 1.54) is 0 Å². The molecule has 3 aromatic rings. The van der Waals surface area contributed by atoms with E-state index >= 15 is 0 Å². The van der Waals surface area contributed by atoms with E-state index in [2.05, 4.69) is 5.32 Å². The average Bonchev–Trinajstić information content (AvgIpc) is 3.08. The molecule has 0 fully saturated rings.